The summed E-state index contributed by atoms with van der Waals surface area (Å²) in [6, 6.07) is 1.75. The Kier molecular flexibility index (Phi) is 3.87. The second-order valence-electron chi connectivity index (χ2n) is 4.39. The van der Waals surface area contributed by atoms with E-state index in [4.69, 9.17) is 0 Å². The molecule has 0 amide bonds. The third kappa shape index (κ3) is 2.30. The van der Waals surface area contributed by atoms with Gasteiger partial charge in [0.2, 0.25) is 0 Å². The van der Waals surface area contributed by atoms with Crippen molar-refractivity contribution in [2.45, 2.75) is 31.3 Å². The molecule has 2 aliphatic heterocycles. The molecule has 0 spiro atoms. The van der Waals surface area contributed by atoms with E-state index in [0.29, 0.717) is 0 Å². The van der Waals surface area contributed by atoms with Crippen molar-refractivity contribution in [2.24, 2.45) is 5.92 Å². The van der Waals surface area contributed by atoms with Gasteiger partial charge in [0.25, 0.3) is 0 Å². The highest BCUT2D eigenvalue weighted by molar-refractivity contribution is 5.85. The predicted octanol–water partition coefficient (Wildman–Crippen LogP) is 1.29. The minimum atomic E-state index is 0. The number of likely N-dealkylation sites (tertiary alicyclic amines) is 1. The zero-order chi connectivity index (χ0) is 7.26. The Morgan fingerprint density at radius 2 is 2.00 bits per heavy atom. The fourth-order valence-electron chi connectivity index (χ4n) is 2.50. The molecular formula is C9H18Cl2N2. The number of hydrogen-bond donors (Lipinski definition) is 1. The molecule has 3 rings (SSSR count). The van der Waals surface area contributed by atoms with Crippen molar-refractivity contribution in [1.29, 1.82) is 0 Å². The van der Waals surface area contributed by atoms with E-state index >= 15 is 0 Å². The number of piperazine rings is 1. The Bertz CT molecular complexity index is 173. The first-order valence-corrected chi connectivity index (χ1v) is 4.89. The smallest absolute Gasteiger partial charge is 0.0236 e. The van der Waals surface area contributed by atoms with Crippen LogP contribution in [0.5, 0.6) is 0 Å². The van der Waals surface area contributed by atoms with Crippen LogP contribution in [-0.2, 0) is 0 Å². The largest absolute Gasteiger partial charge is 0.311 e. The van der Waals surface area contributed by atoms with Gasteiger partial charge in [-0.3, -0.25) is 4.90 Å². The summed E-state index contributed by atoms with van der Waals surface area (Å²) in [6.45, 7) is 4.00. The van der Waals surface area contributed by atoms with Crippen LogP contribution in [-0.4, -0.2) is 36.6 Å². The minimum absolute atomic E-state index is 0. The van der Waals surface area contributed by atoms with Gasteiger partial charge in [-0.1, -0.05) is 0 Å². The van der Waals surface area contributed by atoms with Crippen LogP contribution in [0.1, 0.15) is 19.3 Å². The van der Waals surface area contributed by atoms with E-state index in [2.05, 4.69) is 10.2 Å². The third-order valence-electron chi connectivity index (χ3n) is 3.36. The van der Waals surface area contributed by atoms with E-state index in [1.165, 1.54) is 38.9 Å². The maximum atomic E-state index is 3.54. The third-order valence-corrected chi connectivity index (χ3v) is 3.36. The van der Waals surface area contributed by atoms with Crippen LogP contribution in [0.3, 0.4) is 0 Å². The topological polar surface area (TPSA) is 15.3 Å². The summed E-state index contributed by atoms with van der Waals surface area (Å²) >= 11 is 0. The average Bonchev–Trinajstić information content (AvgIpc) is 2.61. The second-order valence-corrected chi connectivity index (χ2v) is 4.39. The molecule has 2 atom stereocenters. The average molecular weight is 225 g/mol. The predicted molar refractivity (Wildman–Crippen MR) is 59.0 cm³/mol. The first-order chi connectivity index (χ1) is 5.42. The van der Waals surface area contributed by atoms with Crippen LogP contribution in [0, 0.1) is 5.92 Å². The normalized spacial score (nSPS) is 36.9. The Hall–Kier alpha value is 0.500. The Morgan fingerprint density at radius 3 is 2.46 bits per heavy atom. The van der Waals surface area contributed by atoms with Gasteiger partial charge in [0.1, 0.15) is 0 Å². The minimum Gasteiger partial charge on any atom is -0.311 e. The molecule has 3 aliphatic rings. The van der Waals surface area contributed by atoms with E-state index in [9.17, 15) is 0 Å². The molecule has 4 heteroatoms. The van der Waals surface area contributed by atoms with Gasteiger partial charge in [-0.2, -0.15) is 0 Å². The van der Waals surface area contributed by atoms with Gasteiger partial charge in [0.15, 0.2) is 0 Å². The lowest BCUT2D eigenvalue weighted by molar-refractivity contribution is 0.217. The monoisotopic (exact) mass is 224 g/mol. The highest BCUT2D eigenvalue weighted by Crippen LogP contribution is 2.33. The quantitative estimate of drug-likeness (QED) is 0.761. The second kappa shape index (κ2) is 4.35. The van der Waals surface area contributed by atoms with Crippen molar-refractivity contribution >= 4 is 24.8 Å². The van der Waals surface area contributed by atoms with Crippen LogP contribution < -0.4 is 5.32 Å². The highest BCUT2D eigenvalue weighted by atomic mass is 35.5. The molecule has 0 aromatic carbocycles. The number of hydrogen-bond acceptors (Lipinski definition) is 2. The molecule has 13 heavy (non-hydrogen) atoms. The fourth-order valence-corrected chi connectivity index (χ4v) is 2.50. The highest BCUT2D eigenvalue weighted by Gasteiger charge is 2.39. The van der Waals surface area contributed by atoms with Gasteiger partial charge >= 0.3 is 0 Å². The zero-order valence-corrected chi connectivity index (χ0v) is 9.37. The van der Waals surface area contributed by atoms with Crippen LogP contribution in [0.15, 0.2) is 0 Å². The molecule has 1 aliphatic carbocycles. The van der Waals surface area contributed by atoms with E-state index in [1.54, 1.807) is 0 Å². The zero-order valence-electron chi connectivity index (χ0n) is 7.74. The van der Waals surface area contributed by atoms with Gasteiger partial charge in [-0.15, -0.1) is 24.8 Å². The molecule has 0 aromatic rings. The molecule has 1 N–H and O–H groups in total. The van der Waals surface area contributed by atoms with Gasteiger partial charge in [0.05, 0.1) is 0 Å². The van der Waals surface area contributed by atoms with E-state index in [0.717, 1.165) is 18.0 Å². The summed E-state index contributed by atoms with van der Waals surface area (Å²) < 4.78 is 0. The lowest BCUT2D eigenvalue weighted by atomic mass is 10.2. The lowest BCUT2D eigenvalue weighted by Gasteiger charge is -2.26. The molecule has 2 saturated heterocycles. The van der Waals surface area contributed by atoms with Crippen molar-refractivity contribution in [3.8, 4) is 0 Å². The van der Waals surface area contributed by atoms with Crippen molar-refractivity contribution in [1.82, 2.24) is 10.2 Å². The number of nitrogens with zero attached hydrogens (tertiary/aromatic N) is 1. The maximum Gasteiger partial charge on any atom is 0.0236 e. The molecule has 3 fully saturated rings. The van der Waals surface area contributed by atoms with E-state index < -0.39 is 0 Å². The summed E-state index contributed by atoms with van der Waals surface area (Å²) in [5, 5.41) is 3.54. The molecule has 2 heterocycles. The SMILES string of the molecule is C1CC1CN1CC2CC1CN2.Cl.Cl. The van der Waals surface area contributed by atoms with Crippen molar-refractivity contribution in [3.63, 3.8) is 0 Å². The first kappa shape index (κ1) is 11.6. The summed E-state index contributed by atoms with van der Waals surface area (Å²) in [4.78, 5) is 2.71. The Morgan fingerprint density at radius 1 is 1.23 bits per heavy atom. The number of rotatable bonds is 2. The molecule has 2 bridgehead atoms. The standard InChI is InChI=1S/C9H16N2.2ClH/c1-2-7(1)5-11-6-8-3-9(11)4-10-8;;/h7-10H,1-6H2;2*1H. The number of nitrogens with one attached hydrogen (secondary N) is 1. The van der Waals surface area contributed by atoms with Crippen LogP contribution in [0.2, 0.25) is 0 Å². The molecule has 78 valence electrons. The Balaban J connectivity index is 0.000000422. The maximum absolute atomic E-state index is 3.54. The van der Waals surface area contributed by atoms with Crippen LogP contribution in [0.4, 0.5) is 0 Å². The molecule has 2 nitrogen and oxygen atoms in total. The van der Waals surface area contributed by atoms with Crippen molar-refractivity contribution < 1.29 is 0 Å². The number of halogens is 2. The number of fused-ring (bicyclic) bond motifs is 2. The summed E-state index contributed by atoms with van der Waals surface area (Å²) in [5.41, 5.74) is 0. The molecule has 2 unspecified atom stereocenters. The Labute approximate surface area is 92.3 Å². The van der Waals surface area contributed by atoms with E-state index in [-0.39, 0.29) is 24.8 Å². The van der Waals surface area contributed by atoms with E-state index in [1.807, 2.05) is 0 Å². The summed E-state index contributed by atoms with van der Waals surface area (Å²) in [7, 11) is 0. The summed E-state index contributed by atoms with van der Waals surface area (Å²) in [6.07, 6.45) is 4.43. The van der Waals surface area contributed by atoms with Crippen LogP contribution >= 0.6 is 24.8 Å². The molecular weight excluding hydrogens is 207 g/mol. The lowest BCUT2D eigenvalue weighted by Crippen LogP contribution is -2.44. The fraction of sp³-hybridized carbons (Fsp3) is 1.00. The first-order valence-electron chi connectivity index (χ1n) is 4.89. The molecule has 0 radical (unpaired) electrons. The van der Waals surface area contributed by atoms with Gasteiger partial charge in [-0.25, -0.2) is 0 Å². The van der Waals surface area contributed by atoms with Gasteiger partial charge in [-0.05, 0) is 25.2 Å². The van der Waals surface area contributed by atoms with Crippen LogP contribution in [0.25, 0.3) is 0 Å². The molecule has 0 aromatic heterocycles. The van der Waals surface area contributed by atoms with Gasteiger partial charge in [0, 0.05) is 31.7 Å². The van der Waals surface area contributed by atoms with Crippen molar-refractivity contribution in [3.05, 3.63) is 0 Å². The summed E-state index contributed by atoms with van der Waals surface area (Å²) in [5.74, 6) is 1.08. The van der Waals surface area contributed by atoms with Gasteiger partial charge < -0.3 is 5.32 Å². The van der Waals surface area contributed by atoms with Crippen molar-refractivity contribution in [2.75, 3.05) is 19.6 Å². The molecule has 1 saturated carbocycles.